The van der Waals surface area contributed by atoms with E-state index >= 15 is 0 Å². The van der Waals surface area contributed by atoms with Crippen LogP contribution < -0.4 is 15.5 Å². The van der Waals surface area contributed by atoms with Crippen LogP contribution in [0.2, 0.25) is 0 Å². The summed E-state index contributed by atoms with van der Waals surface area (Å²) in [6.45, 7) is 4.22. The number of fused-ring (bicyclic) bond motifs is 1. The Morgan fingerprint density at radius 1 is 1.24 bits per heavy atom. The summed E-state index contributed by atoms with van der Waals surface area (Å²) in [6, 6.07) is 2.02. The molecule has 0 saturated carbocycles. The van der Waals surface area contributed by atoms with Crippen molar-refractivity contribution in [3.8, 4) is 11.4 Å². The molecule has 2 aromatic rings. The van der Waals surface area contributed by atoms with E-state index in [2.05, 4.69) is 25.6 Å². The molecule has 0 bridgehead atoms. The molecule has 0 spiro atoms. The molecule has 4 heterocycles. The normalized spacial score (nSPS) is 19.4. The van der Waals surface area contributed by atoms with Gasteiger partial charge in [-0.2, -0.15) is 13.2 Å². The van der Waals surface area contributed by atoms with Gasteiger partial charge in [0, 0.05) is 26.2 Å². The number of cyclic esters (lactones) is 1. The SMILES string of the molecule is CC[C@H]1OC(=O)Nc2ncnc(-c3cc(C(F)(F)F)cc(N4CCNCC4)n3)c21. The van der Waals surface area contributed by atoms with E-state index in [-0.39, 0.29) is 23.0 Å². The molecule has 4 rings (SSSR count). The first-order valence-corrected chi connectivity index (χ1v) is 9.24. The van der Waals surface area contributed by atoms with Gasteiger partial charge < -0.3 is 15.0 Å². The number of carbonyl (C=O) groups excluding carboxylic acids is 1. The number of amides is 1. The fraction of sp³-hybridized carbons (Fsp3) is 0.444. The van der Waals surface area contributed by atoms with Crippen molar-refractivity contribution in [3.05, 3.63) is 29.6 Å². The third-order valence-electron chi connectivity index (χ3n) is 4.87. The summed E-state index contributed by atoms with van der Waals surface area (Å²) in [5.74, 6) is 0.457. The Labute approximate surface area is 164 Å². The van der Waals surface area contributed by atoms with Crippen LogP contribution in [0.5, 0.6) is 0 Å². The molecule has 0 radical (unpaired) electrons. The van der Waals surface area contributed by atoms with Crippen molar-refractivity contribution in [2.75, 3.05) is 36.4 Å². The van der Waals surface area contributed by atoms with Crippen LogP contribution in [0.15, 0.2) is 18.5 Å². The molecule has 8 nitrogen and oxygen atoms in total. The number of halogens is 3. The van der Waals surface area contributed by atoms with Crippen molar-refractivity contribution in [1.29, 1.82) is 0 Å². The molecule has 2 aromatic heterocycles. The van der Waals surface area contributed by atoms with E-state index in [9.17, 15) is 18.0 Å². The van der Waals surface area contributed by atoms with Crippen molar-refractivity contribution in [3.63, 3.8) is 0 Å². The lowest BCUT2D eigenvalue weighted by atomic mass is 10.0. The van der Waals surface area contributed by atoms with Crippen LogP contribution in [-0.4, -0.2) is 47.2 Å². The summed E-state index contributed by atoms with van der Waals surface area (Å²) in [5, 5.41) is 5.64. The minimum absolute atomic E-state index is 0.0604. The monoisotopic (exact) mass is 408 g/mol. The number of hydrogen-bond acceptors (Lipinski definition) is 7. The van der Waals surface area contributed by atoms with Crippen molar-refractivity contribution in [2.45, 2.75) is 25.6 Å². The summed E-state index contributed by atoms with van der Waals surface area (Å²) in [4.78, 5) is 26.2. The standard InChI is InChI=1S/C18H19F3N6O2/c1-2-12-14-15(23-9-24-16(14)26-17(28)29-12)11-7-10(18(19,20)21)8-13(25-11)27-5-3-22-4-6-27/h7-9,12,22H,2-6H2,1H3,(H,23,24,26,28)/t12-/m1/s1. The van der Waals surface area contributed by atoms with Crippen LogP contribution in [0.25, 0.3) is 11.4 Å². The molecule has 2 aliphatic rings. The van der Waals surface area contributed by atoms with E-state index in [0.29, 0.717) is 38.2 Å². The van der Waals surface area contributed by atoms with Gasteiger partial charge in [0.1, 0.15) is 29.8 Å². The Bertz CT molecular complexity index is 930. The maximum absolute atomic E-state index is 13.6. The van der Waals surface area contributed by atoms with Crippen LogP contribution in [0, 0.1) is 0 Å². The Kier molecular flexibility index (Phi) is 4.99. The summed E-state index contributed by atoms with van der Waals surface area (Å²) < 4.78 is 46.0. The van der Waals surface area contributed by atoms with Crippen LogP contribution in [0.4, 0.5) is 29.6 Å². The lowest BCUT2D eigenvalue weighted by Gasteiger charge is -2.30. The smallest absolute Gasteiger partial charge is 0.416 e. The van der Waals surface area contributed by atoms with Gasteiger partial charge in [0.25, 0.3) is 0 Å². The van der Waals surface area contributed by atoms with Crippen molar-refractivity contribution >= 4 is 17.7 Å². The first-order chi connectivity index (χ1) is 13.9. The summed E-state index contributed by atoms with van der Waals surface area (Å²) in [7, 11) is 0. The summed E-state index contributed by atoms with van der Waals surface area (Å²) >= 11 is 0. The molecule has 1 fully saturated rings. The van der Waals surface area contributed by atoms with Gasteiger partial charge in [-0.05, 0) is 18.6 Å². The molecule has 2 N–H and O–H groups in total. The number of hydrogen-bond donors (Lipinski definition) is 2. The van der Waals surface area contributed by atoms with Crippen LogP contribution >= 0.6 is 0 Å². The first-order valence-electron chi connectivity index (χ1n) is 9.24. The number of anilines is 2. The fourth-order valence-corrected chi connectivity index (χ4v) is 3.46. The number of piperazine rings is 1. The second-order valence-electron chi connectivity index (χ2n) is 6.75. The minimum atomic E-state index is -4.54. The van der Waals surface area contributed by atoms with E-state index in [0.717, 1.165) is 12.1 Å². The molecular weight excluding hydrogens is 389 g/mol. The van der Waals surface area contributed by atoms with Gasteiger partial charge in [0.15, 0.2) is 0 Å². The quantitative estimate of drug-likeness (QED) is 0.807. The highest BCUT2D eigenvalue weighted by Crippen LogP contribution is 2.39. The molecule has 0 aliphatic carbocycles. The molecule has 1 saturated heterocycles. The van der Waals surface area contributed by atoms with Gasteiger partial charge in [0.2, 0.25) is 0 Å². The van der Waals surface area contributed by atoms with E-state index in [4.69, 9.17) is 4.74 Å². The van der Waals surface area contributed by atoms with Crippen LogP contribution in [-0.2, 0) is 10.9 Å². The predicted octanol–water partition coefficient (Wildman–Crippen LogP) is 2.98. The molecule has 1 amide bonds. The Balaban J connectivity index is 1.87. The Morgan fingerprint density at radius 2 is 2.00 bits per heavy atom. The number of nitrogens with zero attached hydrogens (tertiary/aromatic N) is 4. The highest BCUT2D eigenvalue weighted by molar-refractivity contribution is 5.88. The number of aromatic nitrogens is 3. The zero-order chi connectivity index (χ0) is 20.6. The third-order valence-corrected chi connectivity index (χ3v) is 4.87. The predicted molar refractivity (Wildman–Crippen MR) is 98.5 cm³/mol. The highest BCUT2D eigenvalue weighted by Gasteiger charge is 2.35. The number of rotatable bonds is 3. The van der Waals surface area contributed by atoms with Crippen molar-refractivity contribution < 1.29 is 22.7 Å². The first kappa shape index (κ1) is 19.4. The molecule has 11 heteroatoms. The van der Waals surface area contributed by atoms with Gasteiger partial charge in [-0.15, -0.1) is 0 Å². The molecule has 0 aromatic carbocycles. The number of carbonyl (C=O) groups is 1. The third kappa shape index (κ3) is 3.82. The average Bonchev–Trinajstić information content (AvgIpc) is 2.72. The largest absolute Gasteiger partial charge is 0.441 e. The lowest BCUT2D eigenvalue weighted by Crippen LogP contribution is -2.44. The zero-order valence-corrected chi connectivity index (χ0v) is 15.6. The Morgan fingerprint density at radius 3 is 2.69 bits per heavy atom. The highest BCUT2D eigenvalue weighted by atomic mass is 19.4. The van der Waals surface area contributed by atoms with Crippen LogP contribution in [0.3, 0.4) is 0 Å². The van der Waals surface area contributed by atoms with Gasteiger partial charge in [-0.1, -0.05) is 6.92 Å². The minimum Gasteiger partial charge on any atom is -0.441 e. The molecule has 1 atom stereocenters. The van der Waals surface area contributed by atoms with E-state index in [1.807, 2.05) is 0 Å². The van der Waals surface area contributed by atoms with E-state index in [1.165, 1.54) is 6.33 Å². The lowest BCUT2D eigenvalue weighted by molar-refractivity contribution is -0.137. The van der Waals surface area contributed by atoms with Crippen molar-refractivity contribution in [2.24, 2.45) is 0 Å². The van der Waals surface area contributed by atoms with Gasteiger partial charge in [-0.3, -0.25) is 5.32 Å². The maximum atomic E-state index is 13.6. The molecular formula is C18H19F3N6O2. The topological polar surface area (TPSA) is 92.3 Å². The second kappa shape index (κ2) is 7.47. The molecule has 2 aliphatic heterocycles. The maximum Gasteiger partial charge on any atom is 0.416 e. The number of ether oxygens (including phenoxy) is 1. The van der Waals surface area contributed by atoms with Crippen LogP contribution in [0.1, 0.15) is 30.6 Å². The number of alkyl halides is 3. The van der Waals surface area contributed by atoms with Crippen molar-refractivity contribution in [1.82, 2.24) is 20.3 Å². The molecule has 0 unspecified atom stereocenters. The molecule has 29 heavy (non-hydrogen) atoms. The molecule has 154 valence electrons. The fourth-order valence-electron chi connectivity index (χ4n) is 3.46. The van der Waals surface area contributed by atoms with E-state index in [1.54, 1.807) is 11.8 Å². The summed E-state index contributed by atoms with van der Waals surface area (Å²) in [6.07, 6.45) is -4.26. The average molecular weight is 408 g/mol. The van der Waals surface area contributed by atoms with Gasteiger partial charge >= 0.3 is 12.3 Å². The number of pyridine rings is 1. The van der Waals surface area contributed by atoms with Gasteiger partial charge in [-0.25, -0.2) is 19.7 Å². The number of nitrogens with one attached hydrogen (secondary N) is 2. The van der Waals surface area contributed by atoms with Gasteiger partial charge in [0.05, 0.1) is 16.8 Å². The second-order valence-corrected chi connectivity index (χ2v) is 6.75. The summed E-state index contributed by atoms with van der Waals surface area (Å²) in [5.41, 5.74) is -0.112. The zero-order valence-electron chi connectivity index (χ0n) is 15.6. The van der Waals surface area contributed by atoms with E-state index < -0.39 is 23.9 Å². The Hall–Kier alpha value is -2.95.